The van der Waals surface area contributed by atoms with E-state index in [2.05, 4.69) is 5.32 Å². The lowest BCUT2D eigenvalue weighted by molar-refractivity contribution is -0.385. The van der Waals surface area contributed by atoms with Gasteiger partial charge in [-0.25, -0.2) is 0 Å². The van der Waals surface area contributed by atoms with Crippen LogP contribution in [0.1, 0.15) is 25.7 Å². The van der Waals surface area contributed by atoms with Crippen molar-refractivity contribution in [1.29, 1.82) is 0 Å². The Morgan fingerprint density at radius 3 is 2.83 bits per heavy atom. The number of ether oxygens (including phenoxy) is 1. The third-order valence-corrected chi connectivity index (χ3v) is 3.46. The standard InChI is InChI=1S/C13H18N2O3/c1-14-11-6-3-7-12(13(11)15(16)17)18-9-8-10-4-2-5-10/h3,6-7,10,14H,2,4-5,8-9H2,1H3. The molecule has 18 heavy (non-hydrogen) atoms. The molecule has 1 aromatic rings. The molecule has 0 atom stereocenters. The van der Waals surface area contributed by atoms with E-state index in [1.165, 1.54) is 19.3 Å². The van der Waals surface area contributed by atoms with Crippen molar-refractivity contribution in [3.05, 3.63) is 28.3 Å². The summed E-state index contributed by atoms with van der Waals surface area (Å²) < 4.78 is 5.57. The smallest absolute Gasteiger partial charge is 0.333 e. The molecule has 1 saturated carbocycles. The van der Waals surface area contributed by atoms with Crippen LogP contribution in [0, 0.1) is 16.0 Å². The van der Waals surface area contributed by atoms with Crippen LogP contribution in [-0.2, 0) is 0 Å². The number of nitrogens with zero attached hydrogens (tertiary/aromatic N) is 1. The molecule has 0 bridgehead atoms. The predicted molar refractivity (Wildman–Crippen MR) is 70.1 cm³/mol. The maximum atomic E-state index is 11.1. The lowest BCUT2D eigenvalue weighted by atomic mass is 9.83. The fourth-order valence-electron chi connectivity index (χ4n) is 2.15. The summed E-state index contributed by atoms with van der Waals surface area (Å²) in [6.45, 7) is 0.554. The second kappa shape index (κ2) is 5.71. The summed E-state index contributed by atoms with van der Waals surface area (Å²) in [4.78, 5) is 10.7. The van der Waals surface area contributed by atoms with E-state index >= 15 is 0 Å². The second-order valence-electron chi connectivity index (χ2n) is 4.59. The van der Waals surface area contributed by atoms with Gasteiger partial charge in [-0.1, -0.05) is 25.3 Å². The summed E-state index contributed by atoms with van der Waals surface area (Å²) in [5.74, 6) is 1.10. The van der Waals surface area contributed by atoms with Crippen molar-refractivity contribution in [2.75, 3.05) is 19.0 Å². The zero-order chi connectivity index (χ0) is 13.0. The number of benzene rings is 1. The molecule has 1 fully saturated rings. The highest BCUT2D eigenvalue weighted by atomic mass is 16.6. The summed E-state index contributed by atoms with van der Waals surface area (Å²) in [6.07, 6.45) is 4.82. The van der Waals surface area contributed by atoms with Gasteiger partial charge in [-0.05, 0) is 24.5 Å². The van der Waals surface area contributed by atoms with E-state index < -0.39 is 4.92 Å². The molecule has 0 aromatic heterocycles. The minimum absolute atomic E-state index is 0.0219. The van der Waals surface area contributed by atoms with E-state index in [4.69, 9.17) is 4.74 Å². The van der Waals surface area contributed by atoms with E-state index in [0.29, 0.717) is 18.0 Å². The highest BCUT2D eigenvalue weighted by Crippen LogP contribution is 2.35. The van der Waals surface area contributed by atoms with Gasteiger partial charge >= 0.3 is 5.69 Å². The van der Waals surface area contributed by atoms with Crippen molar-refractivity contribution >= 4 is 11.4 Å². The molecule has 0 saturated heterocycles. The van der Waals surface area contributed by atoms with Crippen LogP contribution in [0.25, 0.3) is 0 Å². The molecule has 0 spiro atoms. The second-order valence-corrected chi connectivity index (χ2v) is 4.59. The molecule has 1 aliphatic carbocycles. The highest BCUT2D eigenvalue weighted by Gasteiger charge is 2.21. The first-order chi connectivity index (χ1) is 8.72. The SMILES string of the molecule is CNc1cccc(OCCC2CCC2)c1[N+](=O)[O-]. The van der Waals surface area contributed by atoms with Gasteiger partial charge in [0.05, 0.1) is 11.5 Å². The average molecular weight is 250 g/mol. The summed E-state index contributed by atoms with van der Waals surface area (Å²) in [5.41, 5.74) is 0.509. The molecule has 0 heterocycles. The Morgan fingerprint density at radius 1 is 1.50 bits per heavy atom. The van der Waals surface area contributed by atoms with E-state index in [1.54, 1.807) is 25.2 Å². The van der Waals surface area contributed by atoms with Crippen molar-refractivity contribution in [3.8, 4) is 5.75 Å². The molecular formula is C13H18N2O3. The van der Waals surface area contributed by atoms with Crippen molar-refractivity contribution < 1.29 is 9.66 Å². The highest BCUT2D eigenvalue weighted by molar-refractivity contribution is 5.68. The van der Waals surface area contributed by atoms with Gasteiger partial charge in [-0.15, -0.1) is 0 Å². The summed E-state index contributed by atoms with van der Waals surface area (Å²) in [7, 11) is 1.67. The van der Waals surface area contributed by atoms with Crippen LogP contribution in [0.3, 0.4) is 0 Å². The monoisotopic (exact) mass is 250 g/mol. The largest absolute Gasteiger partial charge is 0.487 e. The number of nitrogens with one attached hydrogen (secondary N) is 1. The van der Waals surface area contributed by atoms with Crippen molar-refractivity contribution in [2.24, 2.45) is 5.92 Å². The first-order valence-corrected chi connectivity index (χ1v) is 6.30. The summed E-state index contributed by atoms with van der Waals surface area (Å²) in [5, 5.41) is 13.9. The van der Waals surface area contributed by atoms with Gasteiger partial charge in [0.2, 0.25) is 0 Å². The van der Waals surface area contributed by atoms with Crippen LogP contribution in [-0.4, -0.2) is 18.6 Å². The first-order valence-electron chi connectivity index (χ1n) is 6.30. The number of nitro benzene ring substituents is 1. The maximum Gasteiger partial charge on any atom is 0.333 e. The van der Waals surface area contributed by atoms with Crippen LogP contribution in [0.4, 0.5) is 11.4 Å². The van der Waals surface area contributed by atoms with Crippen LogP contribution >= 0.6 is 0 Å². The Balaban J connectivity index is 2.03. The fourth-order valence-corrected chi connectivity index (χ4v) is 2.15. The molecule has 98 valence electrons. The molecule has 0 unspecified atom stereocenters. The quantitative estimate of drug-likeness (QED) is 0.622. The number of nitro groups is 1. The zero-order valence-corrected chi connectivity index (χ0v) is 10.5. The van der Waals surface area contributed by atoms with Crippen LogP contribution in [0.15, 0.2) is 18.2 Å². The molecule has 0 amide bonds. The van der Waals surface area contributed by atoms with Gasteiger partial charge in [-0.2, -0.15) is 0 Å². The van der Waals surface area contributed by atoms with E-state index in [1.807, 2.05) is 0 Å². The van der Waals surface area contributed by atoms with Gasteiger partial charge in [0, 0.05) is 7.05 Å². The lowest BCUT2D eigenvalue weighted by Gasteiger charge is -2.24. The Morgan fingerprint density at radius 2 is 2.28 bits per heavy atom. The summed E-state index contributed by atoms with van der Waals surface area (Å²) in [6, 6.07) is 5.09. The fraction of sp³-hybridized carbons (Fsp3) is 0.538. The Hall–Kier alpha value is -1.78. The minimum atomic E-state index is -0.398. The predicted octanol–water partition coefficient (Wildman–Crippen LogP) is 3.21. The van der Waals surface area contributed by atoms with Gasteiger partial charge in [0.15, 0.2) is 5.75 Å². The van der Waals surface area contributed by atoms with Crippen LogP contribution in [0.5, 0.6) is 5.75 Å². The van der Waals surface area contributed by atoms with Crippen LogP contribution < -0.4 is 10.1 Å². The van der Waals surface area contributed by atoms with E-state index in [9.17, 15) is 10.1 Å². The number of anilines is 1. The van der Waals surface area contributed by atoms with E-state index in [0.717, 1.165) is 12.3 Å². The van der Waals surface area contributed by atoms with Crippen molar-refractivity contribution in [3.63, 3.8) is 0 Å². The molecule has 0 radical (unpaired) electrons. The minimum Gasteiger partial charge on any atom is -0.487 e. The van der Waals surface area contributed by atoms with Gasteiger partial charge in [-0.3, -0.25) is 10.1 Å². The Labute approximate surface area is 106 Å². The van der Waals surface area contributed by atoms with E-state index in [-0.39, 0.29) is 5.69 Å². The molecule has 1 N–H and O–H groups in total. The number of rotatable bonds is 6. The molecule has 1 aromatic carbocycles. The number of hydrogen-bond donors (Lipinski definition) is 1. The van der Waals surface area contributed by atoms with Gasteiger partial charge < -0.3 is 10.1 Å². The average Bonchev–Trinajstić information content (AvgIpc) is 2.31. The molecular weight excluding hydrogens is 232 g/mol. The lowest BCUT2D eigenvalue weighted by Crippen LogP contribution is -2.14. The summed E-state index contributed by atoms with van der Waals surface area (Å²) >= 11 is 0. The molecule has 2 rings (SSSR count). The molecule has 5 heteroatoms. The topological polar surface area (TPSA) is 64.4 Å². The first kappa shape index (κ1) is 12.7. The molecule has 5 nitrogen and oxygen atoms in total. The zero-order valence-electron chi connectivity index (χ0n) is 10.5. The van der Waals surface area contributed by atoms with Gasteiger partial charge in [0.1, 0.15) is 5.69 Å². The maximum absolute atomic E-state index is 11.1. The van der Waals surface area contributed by atoms with Crippen molar-refractivity contribution in [2.45, 2.75) is 25.7 Å². The number of para-hydroxylation sites is 1. The van der Waals surface area contributed by atoms with Crippen LogP contribution in [0.2, 0.25) is 0 Å². The Bertz CT molecular complexity index is 430. The van der Waals surface area contributed by atoms with Gasteiger partial charge in [0.25, 0.3) is 0 Å². The normalized spacial score (nSPS) is 14.9. The van der Waals surface area contributed by atoms with Crippen molar-refractivity contribution in [1.82, 2.24) is 0 Å². The third kappa shape index (κ3) is 2.72. The molecule has 1 aliphatic rings. The molecule has 0 aliphatic heterocycles. The Kier molecular flexibility index (Phi) is 4.02. The third-order valence-electron chi connectivity index (χ3n) is 3.46. The number of hydrogen-bond acceptors (Lipinski definition) is 4.